The van der Waals surface area contributed by atoms with Gasteiger partial charge in [-0.2, -0.15) is 0 Å². The zero-order chi connectivity index (χ0) is 21.2. The third-order valence-electron chi connectivity index (χ3n) is 3.97. The molecule has 0 aromatic rings. The van der Waals surface area contributed by atoms with E-state index in [1.807, 2.05) is 41.5 Å². The van der Waals surface area contributed by atoms with Gasteiger partial charge in [0.25, 0.3) is 0 Å². The van der Waals surface area contributed by atoms with E-state index in [2.05, 4.69) is 20.4 Å². The van der Waals surface area contributed by atoms with Gasteiger partial charge in [-0.05, 0) is 41.5 Å². The Morgan fingerprint density at radius 1 is 0.679 bits per heavy atom. The number of carbonyl (C=O) groups is 2. The highest BCUT2D eigenvalue weighted by molar-refractivity contribution is 5.72. The number of nitrogens with one attached hydrogen (secondary N) is 2. The third-order valence-corrected chi connectivity index (χ3v) is 3.97. The number of hydrogen-bond acceptors (Lipinski definition) is 8. The lowest BCUT2D eigenvalue weighted by Crippen LogP contribution is -2.47. The molecule has 1 aliphatic heterocycles. The summed E-state index contributed by atoms with van der Waals surface area (Å²) in [6, 6.07) is 0. The van der Waals surface area contributed by atoms with Gasteiger partial charge in [-0.25, -0.2) is 0 Å². The van der Waals surface area contributed by atoms with Crippen molar-refractivity contribution in [2.24, 2.45) is 0 Å². The van der Waals surface area contributed by atoms with E-state index in [9.17, 15) is 9.59 Å². The van der Waals surface area contributed by atoms with Crippen LogP contribution in [0.4, 0.5) is 0 Å². The topological polar surface area (TPSA) is 83.1 Å². The fourth-order valence-electron chi connectivity index (χ4n) is 2.84. The molecule has 1 aliphatic rings. The predicted molar refractivity (Wildman–Crippen MR) is 110 cm³/mol. The largest absolute Gasteiger partial charge is 0.459 e. The van der Waals surface area contributed by atoms with Gasteiger partial charge in [0.2, 0.25) is 0 Å². The SMILES string of the molecule is CC(C)(C)OC(=O)CN1CCNCCNCCN(CC(=O)OC(C)(C)C)CC1. The van der Waals surface area contributed by atoms with Crippen molar-refractivity contribution in [3.05, 3.63) is 0 Å². The van der Waals surface area contributed by atoms with Gasteiger partial charge in [0.1, 0.15) is 11.2 Å². The van der Waals surface area contributed by atoms with Crippen LogP contribution in [-0.2, 0) is 19.1 Å². The Morgan fingerprint density at radius 2 is 1.04 bits per heavy atom. The standard InChI is InChI=1S/C20H40N4O4/c1-19(2,3)27-17(25)15-23-11-9-21-7-8-22-10-12-24(14-13-23)16-18(26)28-20(4,5)6/h21-22H,7-16H2,1-6H3. The van der Waals surface area contributed by atoms with Gasteiger partial charge in [0.15, 0.2) is 0 Å². The molecule has 0 aliphatic carbocycles. The molecule has 0 bridgehead atoms. The number of hydrogen-bond donors (Lipinski definition) is 2. The molecule has 0 spiro atoms. The molecule has 0 aromatic heterocycles. The highest BCUT2D eigenvalue weighted by Crippen LogP contribution is 2.09. The molecule has 1 fully saturated rings. The van der Waals surface area contributed by atoms with E-state index in [1.54, 1.807) is 0 Å². The summed E-state index contributed by atoms with van der Waals surface area (Å²) in [7, 11) is 0. The van der Waals surface area contributed by atoms with Crippen LogP contribution in [-0.4, -0.2) is 98.4 Å². The van der Waals surface area contributed by atoms with E-state index in [1.165, 1.54) is 0 Å². The molecule has 0 unspecified atom stereocenters. The van der Waals surface area contributed by atoms with Gasteiger partial charge in [0, 0.05) is 52.4 Å². The summed E-state index contributed by atoms with van der Waals surface area (Å²) in [5.74, 6) is -0.445. The second-order valence-corrected chi connectivity index (χ2v) is 9.23. The van der Waals surface area contributed by atoms with Crippen LogP contribution in [0.5, 0.6) is 0 Å². The molecule has 1 saturated heterocycles. The van der Waals surface area contributed by atoms with Crippen LogP contribution in [0.15, 0.2) is 0 Å². The first-order valence-corrected chi connectivity index (χ1v) is 10.2. The van der Waals surface area contributed by atoms with Crippen molar-refractivity contribution in [1.82, 2.24) is 20.4 Å². The average molecular weight is 401 g/mol. The third kappa shape index (κ3) is 13.0. The second kappa shape index (κ2) is 11.7. The summed E-state index contributed by atoms with van der Waals surface area (Å²) in [6.07, 6.45) is 0. The predicted octanol–water partition coefficient (Wildman–Crippen LogP) is 0.467. The molecular weight excluding hydrogens is 360 g/mol. The Bertz CT molecular complexity index is 442. The minimum absolute atomic E-state index is 0.222. The number of carbonyl (C=O) groups excluding carboxylic acids is 2. The Kier molecular flexibility index (Phi) is 10.4. The van der Waals surface area contributed by atoms with Crippen LogP contribution in [0.3, 0.4) is 0 Å². The minimum atomic E-state index is -0.490. The van der Waals surface area contributed by atoms with Crippen molar-refractivity contribution in [3.63, 3.8) is 0 Å². The van der Waals surface area contributed by atoms with Crippen molar-refractivity contribution in [3.8, 4) is 0 Å². The van der Waals surface area contributed by atoms with Crippen LogP contribution < -0.4 is 10.6 Å². The lowest BCUT2D eigenvalue weighted by atomic mass is 10.2. The van der Waals surface area contributed by atoms with Gasteiger partial charge in [-0.1, -0.05) is 0 Å². The van der Waals surface area contributed by atoms with Crippen molar-refractivity contribution in [2.75, 3.05) is 65.4 Å². The van der Waals surface area contributed by atoms with E-state index >= 15 is 0 Å². The molecule has 2 N–H and O–H groups in total. The summed E-state index contributed by atoms with van der Waals surface area (Å²) < 4.78 is 10.9. The highest BCUT2D eigenvalue weighted by atomic mass is 16.6. The molecule has 28 heavy (non-hydrogen) atoms. The van der Waals surface area contributed by atoms with Crippen LogP contribution in [0.2, 0.25) is 0 Å². The molecule has 0 radical (unpaired) electrons. The van der Waals surface area contributed by atoms with Crippen LogP contribution >= 0.6 is 0 Å². The summed E-state index contributed by atoms with van der Waals surface area (Å²) in [6.45, 7) is 17.9. The molecule has 1 heterocycles. The summed E-state index contributed by atoms with van der Waals surface area (Å²) >= 11 is 0. The number of rotatable bonds is 4. The lowest BCUT2D eigenvalue weighted by molar-refractivity contribution is -0.158. The summed E-state index contributed by atoms with van der Waals surface area (Å²) in [5, 5.41) is 6.76. The van der Waals surface area contributed by atoms with Gasteiger partial charge < -0.3 is 20.1 Å². The molecule has 0 atom stereocenters. The molecule has 0 aromatic carbocycles. The maximum absolute atomic E-state index is 12.2. The maximum Gasteiger partial charge on any atom is 0.320 e. The molecule has 0 saturated carbocycles. The first-order valence-electron chi connectivity index (χ1n) is 10.2. The molecule has 8 heteroatoms. The van der Waals surface area contributed by atoms with E-state index in [0.29, 0.717) is 13.1 Å². The summed E-state index contributed by atoms with van der Waals surface area (Å²) in [4.78, 5) is 28.6. The van der Waals surface area contributed by atoms with Crippen LogP contribution in [0.1, 0.15) is 41.5 Å². The fourth-order valence-corrected chi connectivity index (χ4v) is 2.84. The molecule has 1 rings (SSSR count). The van der Waals surface area contributed by atoms with Crippen molar-refractivity contribution >= 4 is 11.9 Å². The van der Waals surface area contributed by atoms with Gasteiger partial charge in [-0.3, -0.25) is 19.4 Å². The van der Waals surface area contributed by atoms with Crippen molar-refractivity contribution < 1.29 is 19.1 Å². The lowest BCUT2D eigenvalue weighted by Gasteiger charge is -2.29. The first kappa shape index (κ1) is 24.8. The zero-order valence-electron chi connectivity index (χ0n) is 18.6. The van der Waals surface area contributed by atoms with Gasteiger partial charge in [-0.15, -0.1) is 0 Å². The number of ether oxygens (including phenoxy) is 2. The first-order chi connectivity index (χ1) is 12.9. The maximum atomic E-state index is 12.2. The zero-order valence-corrected chi connectivity index (χ0v) is 18.6. The second-order valence-electron chi connectivity index (χ2n) is 9.23. The van der Waals surface area contributed by atoms with Crippen LogP contribution in [0.25, 0.3) is 0 Å². The van der Waals surface area contributed by atoms with Crippen LogP contribution in [0, 0.1) is 0 Å². The molecular formula is C20H40N4O4. The van der Waals surface area contributed by atoms with E-state index in [4.69, 9.17) is 9.47 Å². The Balaban J connectivity index is 2.66. The van der Waals surface area contributed by atoms with E-state index in [-0.39, 0.29) is 25.0 Å². The molecule has 8 nitrogen and oxygen atoms in total. The number of nitrogens with zero attached hydrogens (tertiary/aromatic N) is 2. The summed E-state index contributed by atoms with van der Waals surface area (Å²) in [5.41, 5.74) is -0.980. The van der Waals surface area contributed by atoms with E-state index in [0.717, 1.165) is 39.3 Å². The molecule has 164 valence electrons. The minimum Gasteiger partial charge on any atom is -0.459 e. The smallest absolute Gasteiger partial charge is 0.320 e. The van der Waals surface area contributed by atoms with Crippen molar-refractivity contribution in [1.29, 1.82) is 0 Å². The average Bonchev–Trinajstić information content (AvgIpc) is 2.48. The number of esters is 2. The Labute approximate surface area is 170 Å². The Morgan fingerprint density at radius 3 is 1.36 bits per heavy atom. The quantitative estimate of drug-likeness (QED) is 0.659. The molecule has 0 amide bonds. The fraction of sp³-hybridized carbons (Fsp3) is 0.900. The normalized spacial score (nSPS) is 19.4. The van der Waals surface area contributed by atoms with Crippen molar-refractivity contribution in [2.45, 2.75) is 52.7 Å². The van der Waals surface area contributed by atoms with Gasteiger partial charge in [0.05, 0.1) is 13.1 Å². The monoisotopic (exact) mass is 400 g/mol. The highest BCUT2D eigenvalue weighted by Gasteiger charge is 2.22. The Hall–Kier alpha value is -1.22. The van der Waals surface area contributed by atoms with Gasteiger partial charge >= 0.3 is 11.9 Å². The van der Waals surface area contributed by atoms with E-state index < -0.39 is 11.2 Å².